The summed E-state index contributed by atoms with van der Waals surface area (Å²) in [5, 5.41) is 0. The van der Waals surface area contributed by atoms with Crippen molar-refractivity contribution in [2.45, 2.75) is 45.1 Å². The third-order valence-corrected chi connectivity index (χ3v) is 4.51. The molecule has 0 heterocycles. The molecule has 2 rings (SSSR count). The number of hydrogen-bond donors (Lipinski definition) is 0. The number of hydrogen-bond acceptors (Lipinski definition) is 2. The number of ketones is 1. The minimum Gasteiger partial charge on any atom is -0.296 e. The summed E-state index contributed by atoms with van der Waals surface area (Å²) in [6.07, 6.45) is 6.22. The molecule has 1 aliphatic rings. The standard InChI is InChI=1S/C17H23F2NO/c1-12(20(2)11-13-6-4-3-5-7-13)17(21)15-9-8-14(18)10-16(15)19/h8-10,12-13H,3-7,11H2,1-2H3. The van der Waals surface area contributed by atoms with Gasteiger partial charge in [0.15, 0.2) is 5.78 Å². The lowest BCUT2D eigenvalue weighted by molar-refractivity contribution is 0.0838. The molecule has 0 radical (unpaired) electrons. The molecule has 0 spiro atoms. The number of carbonyl (C=O) groups excluding carboxylic acids is 1. The average molecular weight is 295 g/mol. The zero-order chi connectivity index (χ0) is 15.4. The molecule has 1 atom stereocenters. The molecule has 1 aromatic rings. The van der Waals surface area contributed by atoms with Crippen LogP contribution >= 0.6 is 0 Å². The Morgan fingerprint density at radius 3 is 2.57 bits per heavy atom. The second-order valence-electron chi connectivity index (χ2n) is 6.11. The van der Waals surface area contributed by atoms with Crippen molar-refractivity contribution in [2.24, 2.45) is 5.92 Å². The van der Waals surface area contributed by atoms with Crippen LogP contribution in [0.1, 0.15) is 49.4 Å². The van der Waals surface area contributed by atoms with E-state index in [2.05, 4.69) is 0 Å². The smallest absolute Gasteiger partial charge is 0.182 e. The van der Waals surface area contributed by atoms with Gasteiger partial charge in [-0.25, -0.2) is 8.78 Å². The number of Topliss-reactive ketones (excluding diaryl/α,β-unsaturated/α-hetero) is 1. The van der Waals surface area contributed by atoms with Crippen LogP contribution in [-0.2, 0) is 0 Å². The highest BCUT2D eigenvalue weighted by Gasteiger charge is 2.25. The third kappa shape index (κ3) is 4.10. The first kappa shape index (κ1) is 16.1. The monoisotopic (exact) mass is 295 g/mol. The number of halogens is 2. The maximum atomic E-state index is 13.7. The number of nitrogens with zero attached hydrogens (tertiary/aromatic N) is 1. The number of carbonyl (C=O) groups is 1. The van der Waals surface area contributed by atoms with Crippen LogP contribution in [0.15, 0.2) is 18.2 Å². The van der Waals surface area contributed by atoms with E-state index in [1.807, 2.05) is 11.9 Å². The lowest BCUT2D eigenvalue weighted by Gasteiger charge is -2.30. The highest BCUT2D eigenvalue weighted by atomic mass is 19.1. The van der Waals surface area contributed by atoms with Gasteiger partial charge < -0.3 is 0 Å². The van der Waals surface area contributed by atoms with Crippen molar-refractivity contribution < 1.29 is 13.6 Å². The third-order valence-electron chi connectivity index (χ3n) is 4.51. The van der Waals surface area contributed by atoms with Gasteiger partial charge >= 0.3 is 0 Å². The molecule has 1 aromatic carbocycles. The molecule has 0 bridgehead atoms. The summed E-state index contributed by atoms with van der Waals surface area (Å²) in [5.41, 5.74) is -0.0283. The van der Waals surface area contributed by atoms with Gasteiger partial charge in [0, 0.05) is 12.6 Å². The zero-order valence-corrected chi connectivity index (χ0v) is 12.7. The van der Waals surface area contributed by atoms with E-state index in [1.165, 1.54) is 38.2 Å². The largest absolute Gasteiger partial charge is 0.296 e. The van der Waals surface area contributed by atoms with Crippen molar-refractivity contribution in [3.63, 3.8) is 0 Å². The van der Waals surface area contributed by atoms with Crippen molar-refractivity contribution >= 4 is 5.78 Å². The minimum atomic E-state index is -0.780. The van der Waals surface area contributed by atoms with Crippen LogP contribution in [0.3, 0.4) is 0 Å². The Labute approximate surface area is 125 Å². The van der Waals surface area contributed by atoms with Crippen LogP contribution in [0.2, 0.25) is 0 Å². The van der Waals surface area contributed by atoms with Gasteiger partial charge in [0.1, 0.15) is 11.6 Å². The highest BCUT2D eigenvalue weighted by molar-refractivity contribution is 6.00. The lowest BCUT2D eigenvalue weighted by atomic mass is 9.88. The maximum absolute atomic E-state index is 13.7. The summed E-state index contributed by atoms with van der Waals surface area (Å²) in [6, 6.07) is 2.73. The van der Waals surface area contributed by atoms with Crippen LogP contribution in [0.25, 0.3) is 0 Å². The first-order valence-electron chi connectivity index (χ1n) is 7.68. The first-order chi connectivity index (χ1) is 9.99. The second kappa shape index (κ2) is 7.12. The molecule has 2 nitrogen and oxygen atoms in total. The molecule has 116 valence electrons. The fraction of sp³-hybridized carbons (Fsp3) is 0.588. The topological polar surface area (TPSA) is 20.3 Å². The number of likely N-dealkylation sites (N-methyl/N-ethyl adjacent to an activating group) is 1. The molecule has 4 heteroatoms. The molecule has 0 N–H and O–H groups in total. The van der Waals surface area contributed by atoms with E-state index in [1.54, 1.807) is 6.92 Å². The molecular weight excluding hydrogens is 272 g/mol. The van der Waals surface area contributed by atoms with Gasteiger partial charge in [-0.3, -0.25) is 9.69 Å². The average Bonchev–Trinajstić information content (AvgIpc) is 2.47. The molecule has 1 saturated carbocycles. The highest BCUT2D eigenvalue weighted by Crippen LogP contribution is 2.25. The summed E-state index contributed by atoms with van der Waals surface area (Å²) in [6.45, 7) is 2.64. The van der Waals surface area contributed by atoms with E-state index in [0.717, 1.165) is 18.7 Å². The van der Waals surface area contributed by atoms with Crippen LogP contribution in [-0.4, -0.2) is 30.3 Å². The number of benzene rings is 1. The Bertz CT molecular complexity index is 498. The maximum Gasteiger partial charge on any atom is 0.182 e. The summed E-state index contributed by atoms with van der Waals surface area (Å²) in [4.78, 5) is 14.3. The van der Waals surface area contributed by atoms with Gasteiger partial charge in [0.2, 0.25) is 0 Å². The summed E-state index contributed by atoms with van der Waals surface area (Å²) in [5.74, 6) is -1.10. The second-order valence-corrected chi connectivity index (χ2v) is 6.11. The summed E-state index contributed by atoms with van der Waals surface area (Å²) in [7, 11) is 1.90. The van der Waals surface area contributed by atoms with Crippen LogP contribution < -0.4 is 0 Å². The molecule has 0 aromatic heterocycles. The Morgan fingerprint density at radius 2 is 1.95 bits per heavy atom. The fourth-order valence-corrected chi connectivity index (χ4v) is 3.05. The Balaban J connectivity index is 2.00. The van der Waals surface area contributed by atoms with Gasteiger partial charge in [-0.05, 0) is 44.9 Å². The predicted molar refractivity (Wildman–Crippen MR) is 79.4 cm³/mol. The van der Waals surface area contributed by atoms with E-state index in [4.69, 9.17) is 0 Å². The molecule has 1 unspecified atom stereocenters. The van der Waals surface area contributed by atoms with E-state index in [-0.39, 0.29) is 11.3 Å². The SMILES string of the molecule is CC(C(=O)c1ccc(F)cc1F)N(C)CC1CCCCC1. The predicted octanol–water partition coefficient (Wildman–Crippen LogP) is 4.05. The van der Waals surface area contributed by atoms with Crippen molar-refractivity contribution in [1.82, 2.24) is 4.90 Å². The lowest BCUT2D eigenvalue weighted by Crippen LogP contribution is -2.39. The van der Waals surface area contributed by atoms with Gasteiger partial charge in [-0.2, -0.15) is 0 Å². The fourth-order valence-electron chi connectivity index (χ4n) is 3.05. The molecule has 1 fully saturated rings. The van der Waals surface area contributed by atoms with Crippen LogP contribution in [0.5, 0.6) is 0 Å². The van der Waals surface area contributed by atoms with Crippen LogP contribution in [0.4, 0.5) is 8.78 Å². The van der Waals surface area contributed by atoms with Gasteiger partial charge in [0.05, 0.1) is 11.6 Å². The normalized spacial score (nSPS) is 18.0. The molecule has 1 aliphatic carbocycles. The molecule has 21 heavy (non-hydrogen) atoms. The van der Waals surface area contributed by atoms with Gasteiger partial charge in [0.25, 0.3) is 0 Å². The molecule has 0 aliphatic heterocycles. The first-order valence-corrected chi connectivity index (χ1v) is 7.68. The van der Waals surface area contributed by atoms with Gasteiger partial charge in [-0.15, -0.1) is 0 Å². The zero-order valence-electron chi connectivity index (χ0n) is 12.7. The molecule has 0 saturated heterocycles. The van der Waals surface area contributed by atoms with E-state index < -0.39 is 17.7 Å². The quantitative estimate of drug-likeness (QED) is 0.764. The van der Waals surface area contributed by atoms with Crippen LogP contribution in [0, 0.1) is 17.6 Å². The Hall–Kier alpha value is -1.29. The Morgan fingerprint density at radius 1 is 1.29 bits per heavy atom. The molecule has 0 amide bonds. The van der Waals surface area contributed by atoms with Crippen molar-refractivity contribution in [3.8, 4) is 0 Å². The molecular formula is C17H23F2NO. The van der Waals surface area contributed by atoms with E-state index in [9.17, 15) is 13.6 Å². The Kier molecular flexibility index (Phi) is 5.45. The van der Waals surface area contributed by atoms with E-state index in [0.29, 0.717) is 5.92 Å². The minimum absolute atomic E-state index is 0.0283. The van der Waals surface area contributed by atoms with Gasteiger partial charge in [-0.1, -0.05) is 19.3 Å². The summed E-state index contributed by atoms with van der Waals surface area (Å²) >= 11 is 0. The van der Waals surface area contributed by atoms with E-state index >= 15 is 0 Å². The van der Waals surface area contributed by atoms with Crippen molar-refractivity contribution in [1.29, 1.82) is 0 Å². The number of rotatable bonds is 5. The van der Waals surface area contributed by atoms with Crippen molar-refractivity contribution in [3.05, 3.63) is 35.4 Å². The summed E-state index contributed by atoms with van der Waals surface area (Å²) < 4.78 is 26.6. The van der Waals surface area contributed by atoms with Crippen molar-refractivity contribution in [2.75, 3.05) is 13.6 Å².